The third kappa shape index (κ3) is 2.25. The average molecular weight is 281 g/mol. The second-order valence-corrected chi connectivity index (χ2v) is 4.21. The molecule has 0 aliphatic heterocycles. The molecule has 2 rings (SSSR count). The molecule has 0 saturated heterocycles. The number of methoxy groups -OCH3 is 1. The van der Waals surface area contributed by atoms with Crippen molar-refractivity contribution in [3.8, 4) is 16.9 Å². The molecule has 0 amide bonds. The van der Waals surface area contributed by atoms with Crippen LogP contribution in [0.1, 0.15) is 0 Å². The molecule has 16 heavy (non-hydrogen) atoms. The van der Waals surface area contributed by atoms with Gasteiger partial charge in [-0.05, 0) is 41.5 Å². The fourth-order valence-corrected chi connectivity index (χ4v) is 1.96. The highest BCUT2D eigenvalue weighted by Crippen LogP contribution is 2.31. The molecule has 1 nitrogen and oxygen atoms in total. The number of halogens is 2. The van der Waals surface area contributed by atoms with Gasteiger partial charge in [0, 0.05) is 4.47 Å². The molecule has 0 radical (unpaired) electrons. The predicted octanol–water partition coefficient (Wildman–Crippen LogP) is 4.26. The van der Waals surface area contributed by atoms with Gasteiger partial charge in [0.05, 0.1) is 7.11 Å². The van der Waals surface area contributed by atoms with Gasteiger partial charge in [-0.25, -0.2) is 4.39 Å². The molecule has 0 bridgehead atoms. The van der Waals surface area contributed by atoms with E-state index in [0.717, 1.165) is 21.3 Å². The lowest BCUT2D eigenvalue weighted by atomic mass is 10.1. The Hall–Kier alpha value is -1.35. The number of rotatable bonds is 2. The lowest BCUT2D eigenvalue weighted by Gasteiger charge is -2.07. The van der Waals surface area contributed by atoms with Crippen LogP contribution in [0.4, 0.5) is 4.39 Å². The van der Waals surface area contributed by atoms with E-state index in [1.807, 2.05) is 18.2 Å². The first kappa shape index (κ1) is 11.1. The van der Waals surface area contributed by atoms with Gasteiger partial charge < -0.3 is 4.74 Å². The minimum Gasteiger partial charge on any atom is -0.497 e. The van der Waals surface area contributed by atoms with Gasteiger partial charge in [0.25, 0.3) is 0 Å². The van der Waals surface area contributed by atoms with Crippen LogP contribution >= 0.6 is 15.9 Å². The van der Waals surface area contributed by atoms with Gasteiger partial charge >= 0.3 is 0 Å². The van der Waals surface area contributed by atoms with Crippen LogP contribution in [-0.4, -0.2) is 7.11 Å². The largest absolute Gasteiger partial charge is 0.497 e. The lowest BCUT2D eigenvalue weighted by Crippen LogP contribution is -1.85. The maximum Gasteiger partial charge on any atom is 0.123 e. The third-order valence-electron chi connectivity index (χ3n) is 2.33. The summed E-state index contributed by atoms with van der Waals surface area (Å²) in [5, 5.41) is 0. The maximum absolute atomic E-state index is 12.8. The zero-order chi connectivity index (χ0) is 11.5. The van der Waals surface area contributed by atoms with E-state index in [2.05, 4.69) is 15.9 Å². The van der Waals surface area contributed by atoms with Gasteiger partial charge in [-0.1, -0.05) is 28.1 Å². The summed E-state index contributed by atoms with van der Waals surface area (Å²) >= 11 is 3.47. The summed E-state index contributed by atoms with van der Waals surface area (Å²) in [5.41, 5.74) is 1.94. The summed E-state index contributed by atoms with van der Waals surface area (Å²) in [5.74, 6) is 0.547. The van der Waals surface area contributed by atoms with E-state index in [1.165, 1.54) is 12.1 Å². The molecule has 3 heteroatoms. The normalized spacial score (nSPS) is 10.2. The fourth-order valence-electron chi connectivity index (χ4n) is 1.48. The highest BCUT2D eigenvalue weighted by Gasteiger charge is 2.04. The highest BCUT2D eigenvalue weighted by molar-refractivity contribution is 9.10. The van der Waals surface area contributed by atoms with E-state index >= 15 is 0 Å². The zero-order valence-corrected chi connectivity index (χ0v) is 10.3. The van der Waals surface area contributed by atoms with Crippen molar-refractivity contribution in [2.45, 2.75) is 0 Å². The zero-order valence-electron chi connectivity index (χ0n) is 8.71. The SMILES string of the molecule is COc1ccc(Br)c(-c2ccc(F)cc2)c1. The molecule has 2 aromatic carbocycles. The molecule has 0 fully saturated rings. The summed E-state index contributed by atoms with van der Waals surface area (Å²) in [7, 11) is 1.62. The Morgan fingerprint density at radius 1 is 1.06 bits per heavy atom. The molecule has 2 aromatic rings. The van der Waals surface area contributed by atoms with Crippen molar-refractivity contribution in [2.24, 2.45) is 0 Å². The Labute approximate surface area is 102 Å². The second kappa shape index (κ2) is 4.66. The molecule has 82 valence electrons. The van der Waals surface area contributed by atoms with Crippen molar-refractivity contribution in [2.75, 3.05) is 7.11 Å². The summed E-state index contributed by atoms with van der Waals surface area (Å²) < 4.78 is 18.9. The summed E-state index contributed by atoms with van der Waals surface area (Å²) in [4.78, 5) is 0. The van der Waals surface area contributed by atoms with Gasteiger partial charge in [-0.15, -0.1) is 0 Å². The van der Waals surface area contributed by atoms with E-state index in [4.69, 9.17) is 4.74 Å². The van der Waals surface area contributed by atoms with Gasteiger partial charge in [0.2, 0.25) is 0 Å². The van der Waals surface area contributed by atoms with Crippen LogP contribution in [0.2, 0.25) is 0 Å². The molecular weight excluding hydrogens is 271 g/mol. The van der Waals surface area contributed by atoms with E-state index in [9.17, 15) is 4.39 Å². The second-order valence-electron chi connectivity index (χ2n) is 3.35. The van der Waals surface area contributed by atoms with Crippen molar-refractivity contribution in [1.29, 1.82) is 0 Å². The molecule has 0 atom stereocenters. The minimum absolute atomic E-state index is 0.234. The van der Waals surface area contributed by atoms with Crippen LogP contribution in [0.5, 0.6) is 5.75 Å². The first-order chi connectivity index (χ1) is 7.70. The smallest absolute Gasteiger partial charge is 0.123 e. The Morgan fingerprint density at radius 2 is 1.75 bits per heavy atom. The van der Waals surface area contributed by atoms with Crippen molar-refractivity contribution >= 4 is 15.9 Å². The number of hydrogen-bond donors (Lipinski definition) is 0. The first-order valence-electron chi connectivity index (χ1n) is 4.80. The Kier molecular flexibility index (Phi) is 3.25. The molecule has 0 aliphatic carbocycles. The van der Waals surface area contributed by atoms with E-state index in [1.54, 1.807) is 19.2 Å². The van der Waals surface area contributed by atoms with Crippen LogP contribution in [-0.2, 0) is 0 Å². The number of ether oxygens (including phenoxy) is 1. The standard InChI is InChI=1S/C13H10BrFO/c1-16-11-6-7-13(14)12(8-11)9-2-4-10(15)5-3-9/h2-8H,1H3. The molecule has 0 heterocycles. The topological polar surface area (TPSA) is 9.23 Å². The molecule has 0 aromatic heterocycles. The molecule has 0 saturated carbocycles. The molecule has 0 aliphatic rings. The number of hydrogen-bond acceptors (Lipinski definition) is 1. The summed E-state index contributed by atoms with van der Waals surface area (Å²) in [6.45, 7) is 0. The van der Waals surface area contributed by atoms with Crippen molar-refractivity contribution in [3.05, 3.63) is 52.8 Å². The fraction of sp³-hybridized carbons (Fsp3) is 0.0769. The molecule has 0 unspecified atom stereocenters. The first-order valence-corrected chi connectivity index (χ1v) is 5.59. The van der Waals surface area contributed by atoms with Crippen LogP contribution in [0, 0.1) is 5.82 Å². The van der Waals surface area contributed by atoms with Gasteiger partial charge in [-0.2, -0.15) is 0 Å². The Bertz CT molecular complexity index is 494. The van der Waals surface area contributed by atoms with Crippen LogP contribution in [0.15, 0.2) is 46.9 Å². The highest BCUT2D eigenvalue weighted by atomic mass is 79.9. The summed E-state index contributed by atoms with van der Waals surface area (Å²) in [6.07, 6.45) is 0. The van der Waals surface area contributed by atoms with Gasteiger partial charge in [0.1, 0.15) is 11.6 Å². The number of benzene rings is 2. The third-order valence-corrected chi connectivity index (χ3v) is 3.02. The quantitative estimate of drug-likeness (QED) is 0.799. The van der Waals surface area contributed by atoms with E-state index < -0.39 is 0 Å². The molecule has 0 spiro atoms. The van der Waals surface area contributed by atoms with Crippen molar-refractivity contribution < 1.29 is 9.13 Å². The maximum atomic E-state index is 12.8. The van der Waals surface area contributed by atoms with Crippen LogP contribution in [0.25, 0.3) is 11.1 Å². The molecule has 0 N–H and O–H groups in total. The average Bonchev–Trinajstić information content (AvgIpc) is 2.31. The summed E-state index contributed by atoms with van der Waals surface area (Å²) in [6, 6.07) is 12.1. The predicted molar refractivity (Wildman–Crippen MR) is 66.1 cm³/mol. The monoisotopic (exact) mass is 280 g/mol. The Morgan fingerprint density at radius 3 is 2.38 bits per heavy atom. The minimum atomic E-state index is -0.234. The van der Waals surface area contributed by atoms with Crippen LogP contribution in [0.3, 0.4) is 0 Å². The van der Waals surface area contributed by atoms with E-state index in [-0.39, 0.29) is 5.82 Å². The van der Waals surface area contributed by atoms with Gasteiger partial charge in [-0.3, -0.25) is 0 Å². The van der Waals surface area contributed by atoms with Crippen molar-refractivity contribution in [3.63, 3.8) is 0 Å². The van der Waals surface area contributed by atoms with Crippen molar-refractivity contribution in [1.82, 2.24) is 0 Å². The lowest BCUT2D eigenvalue weighted by molar-refractivity contribution is 0.415. The molecular formula is C13H10BrFO. The van der Waals surface area contributed by atoms with Gasteiger partial charge in [0.15, 0.2) is 0 Å². The van der Waals surface area contributed by atoms with Crippen LogP contribution < -0.4 is 4.74 Å². The van der Waals surface area contributed by atoms with E-state index in [0.29, 0.717) is 0 Å². The Balaban J connectivity index is 2.50.